The zero-order valence-corrected chi connectivity index (χ0v) is 17.7. The van der Waals surface area contributed by atoms with Gasteiger partial charge in [0.05, 0.1) is 32.7 Å². The maximum absolute atomic E-state index is 12.7. The molecule has 0 amide bonds. The molecule has 0 aliphatic carbocycles. The minimum Gasteiger partial charge on any atom is -0.466 e. The summed E-state index contributed by atoms with van der Waals surface area (Å²) in [6, 6.07) is 0. The second kappa shape index (κ2) is 14.0. The van der Waals surface area contributed by atoms with Gasteiger partial charge in [-0.15, -0.1) is 0 Å². The molecular formula is C20H34O8. The van der Waals surface area contributed by atoms with Crippen molar-refractivity contribution in [2.45, 2.75) is 78.7 Å². The molecule has 0 saturated carbocycles. The predicted molar refractivity (Wildman–Crippen MR) is 101 cm³/mol. The van der Waals surface area contributed by atoms with Crippen molar-refractivity contribution in [3.05, 3.63) is 0 Å². The summed E-state index contributed by atoms with van der Waals surface area (Å²) in [6.45, 7) is 9.07. The quantitative estimate of drug-likeness (QED) is 0.248. The average Bonchev–Trinajstić information content (AvgIpc) is 2.59. The molecular weight excluding hydrogens is 368 g/mol. The van der Waals surface area contributed by atoms with Gasteiger partial charge < -0.3 is 18.9 Å². The summed E-state index contributed by atoms with van der Waals surface area (Å²) in [4.78, 5) is 48.8. The molecule has 8 heteroatoms. The van der Waals surface area contributed by atoms with Gasteiger partial charge in [0, 0.05) is 6.92 Å². The lowest BCUT2D eigenvalue weighted by Gasteiger charge is -2.29. The van der Waals surface area contributed by atoms with Crippen LogP contribution in [0.4, 0.5) is 0 Å². The molecule has 28 heavy (non-hydrogen) atoms. The molecule has 0 radical (unpaired) electrons. The van der Waals surface area contributed by atoms with Crippen LogP contribution in [0.2, 0.25) is 0 Å². The first kappa shape index (κ1) is 25.9. The standard InChI is InChI=1S/C20H34O8/c1-6-8-10-25-17(22)12-20(28-16(5)21,19(24)26-11-9-7-2)13-18(23)27-14-15(3)4/h15H,6-14H2,1-5H3. The molecule has 0 aromatic heterocycles. The number of hydrogen-bond acceptors (Lipinski definition) is 8. The minimum atomic E-state index is -2.10. The Morgan fingerprint density at radius 1 is 0.821 bits per heavy atom. The molecule has 0 aromatic rings. The van der Waals surface area contributed by atoms with E-state index in [2.05, 4.69) is 0 Å². The molecule has 0 aliphatic rings. The number of rotatable bonds is 14. The first-order valence-corrected chi connectivity index (χ1v) is 9.84. The van der Waals surface area contributed by atoms with Gasteiger partial charge in [0.25, 0.3) is 0 Å². The van der Waals surface area contributed by atoms with Crippen LogP contribution >= 0.6 is 0 Å². The maximum Gasteiger partial charge on any atom is 0.351 e. The molecule has 0 spiro atoms. The number of esters is 4. The Labute approximate surface area is 167 Å². The van der Waals surface area contributed by atoms with Gasteiger partial charge in [-0.3, -0.25) is 14.4 Å². The SMILES string of the molecule is CCCCOC(=O)CC(CC(=O)OCC(C)C)(OC(C)=O)C(=O)OCCCC. The van der Waals surface area contributed by atoms with E-state index in [1.54, 1.807) is 0 Å². The Morgan fingerprint density at radius 3 is 1.79 bits per heavy atom. The molecule has 1 atom stereocenters. The highest BCUT2D eigenvalue weighted by Crippen LogP contribution is 2.26. The second-order valence-corrected chi connectivity index (χ2v) is 7.08. The topological polar surface area (TPSA) is 105 Å². The molecule has 0 rings (SSSR count). The highest BCUT2D eigenvalue weighted by Gasteiger charge is 2.48. The van der Waals surface area contributed by atoms with Crippen LogP contribution in [-0.2, 0) is 38.1 Å². The van der Waals surface area contributed by atoms with Crippen LogP contribution in [0.25, 0.3) is 0 Å². The van der Waals surface area contributed by atoms with Crippen molar-refractivity contribution in [1.29, 1.82) is 0 Å². The van der Waals surface area contributed by atoms with Crippen LogP contribution in [0.5, 0.6) is 0 Å². The third kappa shape index (κ3) is 10.9. The lowest BCUT2D eigenvalue weighted by Crippen LogP contribution is -2.48. The van der Waals surface area contributed by atoms with Crippen molar-refractivity contribution in [2.24, 2.45) is 5.92 Å². The summed E-state index contributed by atoms with van der Waals surface area (Å²) in [5.41, 5.74) is -2.10. The van der Waals surface area contributed by atoms with Crippen LogP contribution in [0.3, 0.4) is 0 Å². The van der Waals surface area contributed by atoms with Gasteiger partial charge in [0.15, 0.2) is 0 Å². The lowest BCUT2D eigenvalue weighted by atomic mass is 9.95. The van der Waals surface area contributed by atoms with E-state index in [1.807, 2.05) is 27.7 Å². The molecule has 0 aromatic carbocycles. The van der Waals surface area contributed by atoms with Gasteiger partial charge in [-0.1, -0.05) is 40.5 Å². The molecule has 8 nitrogen and oxygen atoms in total. The molecule has 162 valence electrons. The van der Waals surface area contributed by atoms with Crippen molar-refractivity contribution in [2.75, 3.05) is 19.8 Å². The van der Waals surface area contributed by atoms with Gasteiger partial charge in [0.1, 0.15) is 0 Å². The lowest BCUT2D eigenvalue weighted by molar-refractivity contribution is -0.190. The van der Waals surface area contributed by atoms with Crippen molar-refractivity contribution < 1.29 is 38.1 Å². The van der Waals surface area contributed by atoms with Gasteiger partial charge >= 0.3 is 23.9 Å². The smallest absolute Gasteiger partial charge is 0.351 e. The van der Waals surface area contributed by atoms with E-state index >= 15 is 0 Å². The monoisotopic (exact) mass is 402 g/mol. The fourth-order valence-electron chi connectivity index (χ4n) is 2.19. The van der Waals surface area contributed by atoms with E-state index in [-0.39, 0.29) is 25.7 Å². The number of carbonyl (C=O) groups is 4. The first-order chi connectivity index (χ1) is 13.2. The van der Waals surface area contributed by atoms with Gasteiger partial charge in [0.2, 0.25) is 5.60 Å². The third-order valence-electron chi connectivity index (χ3n) is 3.64. The van der Waals surface area contributed by atoms with E-state index < -0.39 is 42.3 Å². The fourth-order valence-corrected chi connectivity index (χ4v) is 2.19. The van der Waals surface area contributed by atoms with Gasteiger partial charge in [-0.05, 0) is 18.8 Å². The first-order valence-electron chi connectivity index (χ1n) is 9.84. The van der Waals surface area contributed by atoms with E-state index in [9.17, 15) is 19.2 Å². The highest BCUT2D eigenvalue weighted by atomic mass is 16.6. The zero-order chi connectivity index (χ0) is 21.6. The number of hydrogen-bond donors (Lipinski definition) is 0. The molecule has 1 unspecified atom stereocenters. The number of carbonyl (C=O) groups excluding carboxylic acids is 4. The molecule has 0 heterocycles. The normalized spacial score (nSPS) is 12.8. The Kier molecular flexibility index (Phi) is 12.9. The van der Waals surface area contributed by atoms with Crippen molar-refractivity contribution in [3.63, 3.8) is 0 Å². The Balaban J connectivity index is 5.46. The summed E-state index contributed by atoms with van der Waals surface area (Å²) < 4.78 is 20.5. The highest BCUT2D eigenvalue weighted by molar-refractivity contribution is 5.92. The summed E-state index contributed by atoms with van der Waals surface area (Å²) in [7, 11) is 0. The molecule has 0 aliphatic heterocycles. The molecule has 0 fully saturated rings. The van der Waals surface area contributed by atoms with E-state index in [0.29, 0.717) is 12.8 Å². The third-order valence-corrected chi connectivity index (χ3v) is 3.64. The average molecular weight is 402 g/mol. The summed E-state index contributed by atoms with van der Waals surface area (Å²) in [6.07, 6.45) is 1.63. The van der Waals surface area contributed by atoms with Crippen LogP contribution in [0.15, 0.2) is 0 Å². The fraction of sp³-hybridized carbons (Fsp3) is 0.800. The van der Waals surface area contributed by atoms with Crippen molar-refractivity contribution >= 4 is 23.9 Å². The van der Waals surface area contributed by atoms with Crippen LogP contribution in [-0.4, -0.2) is 49.3 Å². The van der Waals surface area contributed by atoms with Gasteiger partial charge in [-0.2, -0.15) is 0 Å². The van der Waals surface area contributed by atoms with Gasteiger partial charge in [-0.25, -0.2) is 4.79 Å². The van der Waals surface area contributed by atoms with E-state index in [4.69, 9.17) is 18.9 Å². The minimum absolute atomic E-state index is 0.0857. The maximum atomic E-state index is 12.7. The molecule has 0 saturated heterocycles. The second-order valence-electron chi connectivity index (χ2n) is 7.08. The summed E-state index contributed by atoms with van der Waals surface area (Å²) >= 11 is 0. The largest absolute Gasteiger partial charge is 0.466 e. The van der Waals surface area contributed by atoms with E-state index in [1.165, 1.54) is 0 Å². The van der Waals surface area contributed by atoms with E-state index in [0.717, 1.165) is 19.8 Å². The summed E-state index contributed by atoms with van der Waals surface area (Å²) in [5, 5.41) is 0. The van der Waals surface area contributed by atoms with Crippen LogP contribution in [0, 0.1) is 5.92 Å². The number of unbranched alkanes of at least 4 members (excludes halogenated alkanes) is 2. The van der Waals surface area contributed by atoms with Crippen LogP contribution in [0.1, 0.15) is 73.1 Å². The van der Waals surface area contributed by atoms with Crippen molar-refractivity contribution in [3.8, 4) is 0 Å². The van der Waals surface area contributed by atoms with Crippen molar-refractivity contribution in [1.82, 2.24) is 0 Å². The predicted octanol–water partition coefficient (Wildman–Crippen LogP) is 2.95. The van der Waals surface area contributed by atoms with Crippen LogP contribution < -0.4 is 0 Å². The Bertz CT molecular complexity index is 514. The summed E-state index contributed by atoms with van der Waals surface area (Å²) in [5.74, 6) is -3.19. The Hall–Kier alpha value is -2.12. The zero-order valence-electron chi connectivity index (χ0n) is 17.7. The molecule has 0 bridgehead atoms. The molecule has 0 N–H and O–H groups in total. The number of ether oxygens (including phenoxy) is 4. The Morgan fingerprint density at radius 2 is 1.32 bits per heavy atom.